The van der Waals surface area contributed by atoms with E-state index in [1.807, 2.05) is 6.92 Å². The number of esters is 1. The summed E-state index contributed by atoms with van der Waals surface area (Å²) in [5, 5.41) is 3.45. The van der Waals surface area contributed by atoms with E-state index in [1.54, 1.807) is 0 Å². The standard InChI is InChI=1S/C10H19N3O2/c1-3-10(15-9(2)14)7-5-4-6-8-12-13-11/h10H,3-8H2,1-2H3. The Bertz CT molecular complexity index is 225. The average molecular weight is 213 g/mol. The van der Waals surface area contributed by atoms with Gasteiger partial charge in [0.05, 0.1) is 0 Å². The molecule has 15 heavy (non-hydrogen) atoms. The summed E-state index contributed by atoms with van der Waals surface area (Å²) in [5.74, 6) is -0.212. The van der Waals surface area contributed by atoms with Crippen LogP contribution in [-0.2, 0) is 9.53 Å². The van der Waals surface area contributed by atoms with Gasteiger partial charge in [-0.1, -0.05) is 18.5 Å². The van der Waals surface area contributed by atoms with Crippen LogP contribution < -0.4 is 0 Å². The van der Waals surface area contributed by atoms with Crippen molar-refractivity contribution in [1.29, 1.82) is 0 Å². The van der Waals surface area contributed by atoms with Gasteiger partial charge in [0.15, 0.2) is 0 Å². The lowest BCUT2D eigenvalue weighted by atomic mass is 10.1. The fourth-order valence-corrected chi connectivity index (χ4v) is 1.36. The quantitative estimate of drug-likeness (QED) is 0.204. The van der Waals surface area contributed by atoms with Gasteiger partial charge in [0.1, 0.15) is 6.10 Å². The van der Waals surface area contributed by atoms with Gasteiger partial charge in [-0.3, -0.25) is 4.79 Å². The SMILES string of the molecule is CCC(CCCCCN=[N+]=[N-])OC(C)=O. The van der Waals surface area contributed by atoms with Crippen LogP contribution in [-0.4, -0.2) is 18.6 Å². The van der Waals surface area contributed by atoms with E-state index in [0.717, 1.165) is 32.1 Å². The van der Waals surface area contributed by atoms with E-state index in [9.17, 15) is 4.79 Å². The molecule has 0 N–H and O–H groups in total. The van der Waals surface area contributed by atoms with Crippen molar-refractivity contribution in [3.63, 3.8) is 0 Å². The minimum Gasteiger partial charge on any atom is -0.463 e. The van der Waals surface area contributed by atoms with Crippen molar-refractivity contribution < 1.29 is 9.53 Å². The van der Waals surface area contributed by atoms with Crippen molar-refractivity contribution in [1.82, 2.24) is 0 Å². The van der Waals surface area contributed by atoms with E-state index < -0.39 is 0 Å². The van der Waals surface area contributed by atoms with E-state index in [0.29, 0.717) is 6.54 Å². The summed E-state index contributed by atoms with van der Waals surface area (Å²) in [6.45, 7) is 4.00. The molecule has 0 aromatic heterocycles. The fraction of sp³-hybridized carbons (Fsp3) is 0.900. The number of ether oxygens (including phenoxy) is 1. The number of unbranched alkanes of at least 4 members (excludes halogenated alkanes) is 2. The maximum Gasteiger partial charge on any atom is 0.302 e. The molecule has 0 rings (SSSR count). The Labute approximate surface area is 90.4 Å². The molecule has 86 valence electrons. The molecule has 0 aromatic carbocycles. The fourth-order valence-electron chi connectivity index (χ4n) is 1.36. The first-order valence-corrected chi connectivity index (χ1v) is 5.38. The number of carbonyl (C=O) groups excluding carboxylic acids is 1. The van der Waals surface area contributed by atoms with E-state index in [1.165, 1.54) is 6.92 Å². The number of nitrogens with zero attached hydrogens (tertiary/aromatic N) is 3. The maximum absolute atomic E-state index is 10.7. The van der Waals surface area contributed by atoms with Crippen molar-refractivity contribution >= 4 is 5.97 Å². The molecule has 0 aromatic rings. The Kier molecular flexibility index (Phi) is 8.58. The molecule has 5 nitrogen and oxygen atoms in total. The first-order chi connectivity index (χ1) is 7.20. The van der Waals surface area contributed by atoms with Crippen molar-refractivity contribution in [2.75, 3.05) is 6.54 Å². The Morgan fingerprint density at radius 1 is 1.47 bits per heavy atom. The number of rotatable bonds is 8. The normalized spacial score (nSPS) is 11.6. The Morgan fingerprint density at radius 3 is 2.73 bits per heavy atom. The highest BCUT2D eigenvalue weighted by Crippen LogP contribution is 2.10. The van der Waals surface area contributed by atoms with Crippen LogP contribution >= 0.6 is 0 Å². The molecule has 0 bridgehead atoms. The smallest absolute Gasteiger partial charge is 0.302 e. The molecule has 0 saturated carbocycles. The average Bonchev–Trinajstić information content (AvgIpc) is 2.20. The summed E-state index contributed by atoms with van der Waals surface area (Å²) in [6.07, 6.45) is 4.72. The maximum atomic E-state index is 10.7. The van der Waals surface area contributed by atoms with Gasteiger partial charge in [-0.05, 0) is 31.2 Å². The molecule has 5 heteroatoms. The van der Waals surface area contributed by atoms with Crippen LogP contribution in [0.4, 0.5) is 0 Å². The zero-order valence-corrected chi connectivity index (χ0v) is 9.48. The molecule has 0 amide bonds. The summed E-state index contributed by atoms with van der Waals surface area (Å²) in [4.78, 5) is 13.4. The summed E-state index contributed by atoms with van der Waals surface area (Å²) >= 11 is 0. The Hall–Kier alpha value is -1.22. The number of hydrogen-bond acceptors (Lipinski definition) is 3. The molecule has 0 aliphatic rings. The molecule has 0 aliphatic heterocycles. The minimum absolute atomic E-state index is 0.0435. The lowest BCUT2D eigenvalue weighted by molar-refractivity contribution is -0.146. The largest absolute Gasteiger partial charge is 0.463 e. The van der Waals surface area contributed by atoms with Gasteiger partial charge in [-0.15, -0.1) is 0 Å². The third kappa shape index (κ3) is 9.09. The van der Waals surface area contributed by atoms with Crippen LogP contribution in [0.2, 0.25) is 0 Å². The first-order valence-electron chi connectivity index (χ1n) is 5.38. The molecule has 0 fully saturated rings. The zero-order valence-electron chi connectivity index (χ0n) is 9.48. The topological polar surface area (TPSA) is 75.1 Å². The van der Waals surface area contributed by atoms with E-state index in [4.69, 9.17) is 10.3 Å². The van der Waals surface area contributed by atoms with Crippen LogP contribution in [0.5, 0.6) is 0 Å². The van der Waals surface area contributed by atoms with E-state index in [2.05, 4.69) is 10.0 Å². The second kappa shape index (κ2) is 9.34. The van der Waals surface area contributed by atoms with Crippen LogP contribution in [0.3, 0.4) is 0 Å². The lowest BCUT2D eigenvalue weighted by Gasteiger charge is -2.14. The molecule has 1 atom stereocenters. The third-order valence-electron chi connectivity index (χ3n) is 2.14. The third-order valence-corrected chi connectivity index (χ3v) is 2.14. The Balaban J connectivity index is 3.45. The molecule has 1 unspecified atom stereocenters. The number of azide groups is 1. The summed E-state index contributed by atoms with van der Waals surface area (Å²) in [6, 6.07) is 0. The molecule has 0 radical (unpaired) electrons. The van der Waals surface area contributed by atoms with E-state index in [-0.39, 0.29) is 12.1 Å². The summed E-state index contributed by atoms with van der Waals surface area (Å²) in [7, 11) is 0. The highest BCUT2D eigenvalue weighted by Gasteiger charge is 2.08. The van der Waals surface area contributed by atoms with Crippen LogP contribution in [0.25, 0.3) is 10.4 Å². The van der Waals surface area contributed by atoms with Gasteiger partial charge >= 0.3 is 5.97 Å². The monoisotopic (exact) mass is 213 g/mol. The second-order valence-electron chi connectivity index (χ2n) is 3.44. The van der Waals surface area contributed by atoms with Crippen molar-refractivity contribution in [3.8, 4) is 0 Å². The predicted octanol–water partition coefficient (Wildman–Crippen LogP) is 3.20. The van der Waals surface area contributed by atoms with Crippen molar-refractivity contribution in [2.24, 2.45) is 5.11 Å². The van der Waals surface area contributed by atoms with Crippen LogP contribution in [0.15, 0.2) is 5.11 Å². The first kappa shape index (κ1) is 13.8. The highest BCUT2D eigenvalue weighted by molar-refractivity contribution is 5.66. The van der Waals surface area contributed by atoms with Gasteiger partial charge in [0, 0.05) is 18.4 Å². The van der Waals surface area contributed by atoms with Crippen LogP contribution in [0, 0.1) is 0 Å². The minimum atomic E-state index is -0.212. The molecule has 0 heterocycles. The van der Waals surface area contributed by atoms with Gasteiger partial charge in [0.25, 0.3) is 0 Å². The highest BCUT2D eigenvalue weighted by atomic mass is 16.5. The number of hydrogen-bond donors (Lipinski definition) is 0. The molecular formula is C10H19N3O2. The number of carbonyl (C=O) groups is 1. The summed E-state index contributed by atoms with van der Waals surface area (Å²) in [5.41, 5.74) is 8.05. The second-order valence-corrected chi connectivity index (χ2v) is 3.44. The molecular weight excluding hydrogens is 194 g/mol. The summed E-state index contributed by atoms with van der Waals surface area (Å²) < 4.78 is 5.11. The van der Waals surface area contributed by atoms with Gasteiger partial charge in [0.2, 0.25) is 0 Å². The van der Waals surface area contributed by atoms with Gasteiger partial charge in [-0.25, -0.2) is 0 Å². The zero-order chi connectivity index (χ0) is 11.5. The van der Waals surface area contributed by atoms with Crippen molar-refractivity contribution in [3.05, 3.63) is 10.4 Å². The van der Waals surface area contributed by atoms with Crippen LogP contribution in [0.1, 0.15) is 46.0 Å². The Morgan fingerprint density at radius 2 is 2.20 bits per heavy atom. The van der Waals surface area contributed by atoms with Gasteiger partial charge < -0.3 is 4.74 Å². The molecule has 0 spiro atoms. The van der Waals surface area contributed by atoms with Crippen molar-refractivity contribution in [2.45, 2.75) is 52.1 Å². The molecule has 0 saturated heterocycles. The van der Waals surface area contributed by atoms with E-state index >= 15 is 0 Å². The molecule has 0 aliphatic carbocycles. The van der Waals surface area contributed by atoms with Gasteiger partial charge in [-0.2, -0.15) is 0 Å². The lowest BCUT2D eigenvalue weighted by Crippen LogP contribution is -2.14. The predicted molar refractivity (Wildman–Crippen MR) is 58.3 cm³/mol.